The van der Waals surface area contributed by atoms with E-state index in [4.69, 9.17) is 5.84 Å². The van der Waals surface area contributed by atoms with Crippen LogP contribution >= 0.6 is 22.6 Å². The summed E-state index contributed by atoms with van der Waals surface area (Å²) in [5.41, 5.74) is 6.64. The second kappa shape index (κ2) is 6.31. The van der Waals surface area contributed by atoms with Crippen LogP contribution in [-0.4, -0.2) is 0 Å². The average Bonchev–Trinajstić information content (AvgIpc) is 2.40. The highest BCUT2D eigenvalue weighted by molar-refractivity contribution is 14.1. The Hall–Kier alpha value is -0.910. The molecule has 0 saturated carbocycles. The van der Waals surface area contributed by atoms with Gasteiger partial charge in [0.2, 0.25) is 0 Å². The first-order valence-electron chi connectivity index (χ1n) is 6.05. The second-order valence-electron chi connectivity index (χ2n) is 4.25. The van der Waals surface area contributed by atoms with Crippen molar-refractivity contribution in [1.29, 1.82) is 0 Å². The third-order valence-corrected chi connectivity index (χ3v) is 3.71. The van der Waals surface area contributed by atoms with Gasteiger partial charge in [-0.3, -0.25) is 5.84 Å². The molecule has 2 aromatic carbocycles. The molecule has 0 saturated heterocycles. The quantitative estimate of drug-likeness (QED) is 0.503. The second-order valence-corrected chi connectivity index (χ2v) is 5.50. The molecule has 0 fully saturated rings. The molecule has 0 bridgehead atoms. The molecule has 3 heteroatoms. The molecule has 0 heterocycles. The summed E-state index contributed by atoms with van der Waals surface area (Å²) >= 11 is 2.32. The zero-order chi connectivity index (χ0) is 13.0. The minimum atomic E-state index is 0.0474. The first-order chi connectivity index (χ1) is 8.74. The molecular weight excluding hydrogens is 335 g/mol. The monoisotopic (exact) mass is 352 g/mol. The van der Waals surface area contributed by atoms with Gasteiger partial charge in [-0.25, -0.2) is 5.43 Å². The molecule has 0 amide bonds. The minimum Gasteiger partial charge on any atom is -0.271 e. The SMILES string of the molecule is CCc1cccc(C(NN)c2cccc(I)c2)c1. The number of halogens is 1. The van der Waals surface area contributed by atoms with Crippen LogP contribution < -0.4 is 11.3 Å². The van der Waals surface area contributed by atoms with Crippen molar-refractivity contribution in [3.63, 3.8) is 0 Å². The van der Waals surface area contributed by atoms with Gasteiger partial charge in [-0.05, 0) is 57.8 Å². The van der Waals surface area contributed by atoms with E-state index < -0.39 is 0 Å². The molecule has 0 spiro atoms. The van der Waals surface area contributed by atoms with E-state index in [-0.39, 0.29) is 6.04 Å². The molecular formula is C15H17IN2. The largest absolute Gasteiger partial charge is 0.271 e. The third kappa shape index (κ3) is 3.10. The van der Waals surface area contributed by atoms with Crippen LogP contribution in [0.3, 0.4) is 0 Å². The van der Waals surface area contributed by atoms with E-state index in [1.54, 1.807) is 0 Å². The van der Waals surface area contributed by atoms with Crippen LogP contribution in [-0.2, 0) is 6.42 Å². The molecule has 2 nitrogen and oxygen atoms in total. The van der Waals surface area contributed by atoms with Gasteiger partial charge in [0.05, 0.1) is 6.04 Å². The molecule has 1 atom stereocenters. The van der Waals surface area contributed by atoms with Gasteiger partial charge in [0.1, 0.15) is 0 Å². The van der Waals surface area contributed by atoms with Crippen molar-refractivity contribution in [3.8, 4) is 0 Å². The fourth-order valence-corrected chi connectivity index (χ4v) is 2.63. The van der Waals surface area contributed by atoms with E-state index in [1.165, 1.54) is 20.3 Å². The lowest BCUT2D eigenvalue weighted by atomic mass is 9.97. The van der Waals surface area contributed by atoms with E-state index in [1.807, 2.05) is 0 Å². The summed E-state index contributed by atoms with van der Waals surface area (Å²) < 4.78 is 1.22. The number of benzene rings is 2. The van der Waals surface area contributed by atoms with Gasteiger partial charge >= 0.3 is 0 Å². The fraction of sp³-hybridized carbons (Fsp3) is 0.200. The van der Waals surface area contributed by atoms with Gasteiger partial charge in [0.25, 0.3) is 0 Å². The number of hydrogen-bond donors (Lipinski definition) is 2. The molecule has 1 unspecified atom stereocenters. The number of aryl methyl sites for hydroxylation is 1. The number of hydrogen-bond acceptors (Lipinski definition) is 2. The summed E-state index contributed by atoms with van der Waals surface area (Å²) in [6.07, 6.45) is 1.04. The van der Waals surface area contributed by atoms with Crippen LogP contribution in [0.5, 0.6) is 0 Å². The van der Waals surface area contributed by atoms with Gasteiger partial charge < -0.3 is 0 Å². The van der Waals surface area contributed by atoms with Gasteiger partial charge in [-0.15, -0.1) is 0 Å². The van der Waals surface area contributed by atoms with Crippen molar-refractivity contribution in [2.45, 2.75) is 19.4 Å². The molecule has 3 N–H and O–H groups in total. The molecule has 0 aromatic heterocycles. The van der Waals surface area contributed by atoms with Gasteiger partial charge in [-0.2, -0.15) is 0 Å². The van der Waals surface area contributed by atoms with Crippen molar-refractivity contribution < 1.29 is 0 Å². The standard InChI is InChI=1S/C15H17IN2/c1-2-11-5-3-6-12(9-11)15(18-17)13-7-4-8-14(16)10-13/h3-10,15,18H,2,17H2,1H3. The molecule has 0 aliphatic heterocycles. The van der Waals surface area contributed by atoms with Crippen LogP contribution in [0.2, 0.25) is 0 Å². The molecule has 2 aromatic rings. The van der Waals surface area contributed by atoms with Crippen molar-refractivity contribution in [3.05, 3.63) is 68.8 Å². The molecule has 0 radical (unpaired) electrons. The van der Waals surface area contributed by atoms with Crippen molar-refractivity contribution in [1.82, 2.24) is 5.43 Å². The summed E-state index contributed by atoms with van der Waals surface area (Å²) in [7, 11) is 0. The van der Waals surface area contributed by atoms with Gasteiger partial charge in [-0.1, -0.05) is 43.3 Å². The van der Waals surface area contributed by atoms with Gasteiger partial charge in [0, 0.05) is 3.57 Å². The smallest absolute Gasteiger partial charge is 0.0710 e. The summed E-state index contributed by atoms with van der Waals surface area (Å²) in [6.45, 7) is 2.16. The van der Waals surface area contributed by atoms with E-state index in [2.05, 4.69) is 83.5 Å². The van der Waals surface area contributed by atoms with E-state index in [0.29, 0.717) is 0 Å². The van der Waals surface area contributed by atoms with E-state index >= 15 is 0 Å². The third-order valence-electron chi connectivity index (χ3n) is 3.04. The molecule has 0 aliphatic carbocycles. The zero-order valence-electron chi connectivity index (χ0n) is 10.4. The van der Waals surface area contributed by atoms with Crippen molar-refractivity contribution in [2.75, 3.05) is 0 Å². The normalized spacial score (nSPS) is 12.4. The summed E-state index contributed by atoms with van der Waals surface area (Å²) in [6, 6.07) is 17.0. The Labute approximate surface area is 122 Å². The average molecular weight is 352 g/mol. The molecule has 0 aliphatic rings. The Bertz CT molecular complexity index is 525. The maximum atomic E-state index is 5.73. The summed E-state index contributed by atoms with van der Waals surface area (Å²) in [5, 5.41) is 0. The lowest BCUT2D eigenvalue weighted by Crippen LogP contribution is -2.28. The predicted octanol–water partition coefficient (Wildman–Crippen LogP) is 3.41. The zero-order valence-corrected chi connectivity index (χ0v) is 12.5. The minimum absolute atomic E-state index is 0.0474. The molecule has 18 heavy (non-hydrogen) atoms. The number of rotatable bonds is 4. The van der Waals surface area contributed by atoms with E-state index in [0.717, 1.165) is 6.42 Å². The van der Waals surface area contributed by atoms with Gasteiger partial charge in [0.15, 0.2) is 0 Å². The van der Waals surface area contributed by atoms with E-state index in [9.17, 15) is 0 Å². The highest BCUT2D eigenvalue weighted by Crippen LogP contribution is 2.23. The van der Waals surface area contributed by atoms with Crippen LogP contribution in [0.1, 0.15) is 29.7 Å². The number of nitrogens with one attached hydrogen (secondary N) is 1. The van der Waals surface area contributed by atoms with Crippen LogP contribution in [0.25, 0.3) is 0 Å². The highest BCUT2D eigenvalue weighted by atomic mass is 127. The van der Waals surface area contributed by atoms with Crippen molar-refractivity contribution in [2.24, 2.45) is 5.84 Å². The Balaban J connectivity index is 2.38. The number of nitrogens with two attached hydrogens (primary N) is 1. The Kier molecular flexibility index (Phi) is 4.74. The predicted molar refractivity (Wildman–Crippen MR) is 84.1 cm³/mol. The highest BCUT2D eigenvalue weighted by Gasteiger charge is 2.12. The molecule has 2 rings (SSSR count). The Morgan fingerprint density at radius 1 is 1.11 bits per heavy atom. The molecule has 94 valence electrons. The lowest BCUT2D eigenvalue weighted by Gasteiger charge is -2.18. The number of hydrazine groups is 1. The lowest BCUT2D eigenvalue weighted by molar-refractivity contribution is 0.636. The van der Waals surface area contributed by atoms with Crippen molar-refractivity contribution >= 4 is 22.6 Å². The van der Waals surface area contributed by atoms with Crippen LogP contribution in [0, 0.1) is 3.57 Å². The summed E-state index contributed by atoms with van der Waals surface area (Å²) in [4.78, 5) is 0. The fourth-order valence-electron chi connectivity index (χ4n) is 2.06. The first kappa shape index (κ1) is 13.5. The topological polar surface area (TPSA) is 38.0 Å². The maximum absolute atomic E-state index is 5.73. The maximum Gasteiger partial charge on any atom is 0.0710 e. The Morgan fingerprint density at radius 3 is 2.39 bits per heavy atom. The van der Waals surface area contributed by atoms with Crippen LogP contribution in [0.15, 0.2) is 48.5 Å². The first-order valence-corrected chi connectivity index (χ1v) is 7.13. The Morgan fingerprint density at radius 2 is 1.78 bits per heavy atom. The summed E-state index contributed by atoms with van der Waals surface area (Å²) in [5.74, 6) is 5.73. The van der Waals surface area contributed by atoms with Crippen LogP contribution in [0.4, 0.5) is 0 Å².